The number of carbonyl (C=O) groups excluding carboxylic acids is 1. The number of nitrogens with two attached hydrogens (primary N) is 1. The van der Waals surface area contributed by atoms with E-state index >= 15 is 0 Å². The maximum absolute atomic E-state index is 14.6. The summed E-state index contributed by atoms with van der Waals surface area (Å²) in [6.45, 7) is 6.53. The number of fused-ring (bicyclic) bond motifs is 8. The highest BCUT2D eigenvalue weighted by Crippen LogP contribution is 2.55. The second kappa shape index (κ2) is 9.22. The minimum atomic E-state index is -0.409. The van der Waals surface area contributed by atoms with Crippen LogP contribution in [0, 0.1) is 19.7 Å². The fourth-order valence-electron chi connectivity index (χ4n) is 5.45. The molecule has 4 heterocycles. The first-order chi connectivity index (χ1) is 18.3. The Hall–Kier alpha value is -4.30. The predicted octanol–water partition coefficient (Wildman–Crippen LogP) is 5.33. The maximum Gasteiger partial charge on any atom is 0.251 e. The van der Waals surface area contributed by atoms with Crippen molar-refractivity contribution in [1.29, 1.82) is 0 Å². The van der Waals surface area contributed by atoms with Crippen LogP contribution in [0.1, 0.15) is 68.6 Å². The third-order valence-corrected chi connectivity index (χ3v) is 7.27. The first-order valence-corrected chi connectivity index (χ1v) is 12.6. The summed E-state index contributed by atoms with van der Waals surface area (Å²) in [6, 6.07) is 14.9. The summed E-state index contributed by atoms with van der Waals surface area (Å²) < 4.78 is 26.4. The minimum Gasteiger partial charge on any atom is -0.478 e. The summed E-state index contributed by atoms with van der Waals surface area (Å²) in [5, 5.41) is 3.00. The number of hydrogen-bond donors (Lipinski definition) is 2. The summed E-state index contributed by atoms with van der Waals surface area (Å²) in [7, 11) is 0. The Morgan fingerprint density at radius 1 is 1.05 bits per heavy atom. The highest BCUT2D eigenvalue weighted by molar-refractivity contribution is 5.94. The van der Waals surface area contributed by atoms with Gasteiger partial charge in [-0.05, 0) is 84.0 Å². The van der Waals surface area contributed by atoms with E-state index in [1.807, 2.05) is 63.2 Å². The number of benzene rings is 2. The van der Waals surface area contributed by atoms with Crippen molar-refractivity contribution < 1.29 is 18.7 Å². The molecule has 2 aromatic carbocycles. The van der Waals surface area contributed by atoms with Gasteiger partial charge in [0.1, 0.15) is 23.8 Å². The Bertz CT molecular complexity index is 1580. The molecule has 2 bridgehead atoms. The van der Waals surface area contributed by atoms with Gasteiger partial charge in [0.2, 0.25) is 5.88 Å². The first-order valence-electron chi connectivity index (χ1n) is 12.6. The van der Waals surface area contributed by atoms with Gasteiger partial charge in [-0.3, -0.25) is 4.79 Å². The molecule has 1 amide bonds. The quantitative estimate of drug-likeness (QED) is 0.364. The molecule has 6 rings (SSSR count). The van der Waals surface area contributed by atoms with Gasteiger partial charge in [0.15, 0.2) is 0 Å². The van der Waals surface area contributed by atoms with Gasteiger partial charge in [-0.2, -0.15) is 0 Å². The number of aromatic nitrogens is 2. The summed E-state index contributed by atoms with van der Waals surface area (Å²) in [5.74, 6) is 0.280. The average Bonchev–Trinajstić information content (AvgIpc) is 3.46. The van der Waals surface area contributed by atoms with Crippen LogP contribution in [0.3, 0.4) is 0 Å². The standard InChI is InChI=1S/C30H27FN4O3/c1-4-37-27-12-21(25(31)14-33-27)17-5-7-19-22(10-17)28-20-8-6-18(11-23(20)29(19)38-28)30(36)34-13-24-15(2)9-26(32)35-16(24)3/h5-12,14,28-29H,4,13H2,1-3H3,(H2,32,35)(H,34,36). The van der Waals surface area contributed by atoms with Crippen molar-refractivity contribution in [1.82, 2.24) is 15.3 Å². The van der Waals surface area contributed by atoms with Gasteiger partial charge in [0.25, 0.3) is 5.91 Å². The summed E-state index contributed by atoms with van der Waals surface area (Å²) in [6.07, 6.45) is 0.660. The minimum absolute atomic E-state index is 0.167. The number of amides is 1. The number of ether oxygens (including phenoxy) is 2. The third kappa shape index (κ3) is 3.97. The molecule has 2 atom stereocenters. The topological polar surface area (TPSA) is 99.4 Å². The van der Waals surface area contributed by atoms with E-state index in [2.05, 4.69) is 15.3 Å². The molecule has 0 saturated heterocycles. The van der Waals surface area contributed by atoms with Crippen molar-refractivity contribution in [2.45, 2.75) is 39.5 Å². The van der Waals surface area contributed by atoms with Gasteiger partial charge in [-0.15, -0.1) is 0 Å². The SMILES string of the molecule is CCOc1cc(-c2ccc3c(c2)C2OC3c3cc(C(=O)NCc4c(C)cc(N)nc4C)ccc32)c(F)cn1. The monoisotopic (exact) mass is 510 g/mol. The van der Waals surface area contributed by atoms with Crippen LogP contribution in [-0.2, 0) is 11.3 Å². The van der Waals surface area contributed by atoms with Crippen molar-refractivity contribution >= 4 is 11.7 Å². The number of pyridine rings is 2. The molecule has 8 heteroatoms. The second-order valence-corrected chi connectivity index (χ2v) is 9.63. The van der Waals surface area contributed by atoms with E-state index in [1.54, 1.807) is 6.07 Å². The van der Waals surface area contributed by atoms with Crippen LogP contribution in [0.4, 0.5) is 10.2 Å². The predicted molar refractivity (Wildman–Crippen MR) is 141 cm³/mol. The number of hydrogen-bond acceptors (Lipinski definition) is 6. The van der Waals surface area contributed by atoms with Gasteiger partial charge in [-0.25, -0.2) is 14.4 Å². The molecule has 192 valence electrons. The lowest BCUT2D eigenvalue weighted by Crippen LogP contribution is -2.24. The van der Waals surface area contributed by atoms with Crippen molar-refractivity contribution in [2.75, 3.05) is 12.3 Å². The molecule has 2 aromatic heterocycles. The summed E-state index contributed by atoms with van der Waals surface area (Å²) >= 11 is 0. The number of nitrogens with one attached hydrogen (secondary N) is 1. The van der Waals surface area contributed by atoms with Crippen LogP contribution in [0.2, 0.25) is 0 Å². The van der Waals surface area contributed by atoms with Crippen LogP contribution in [0.5, 0.6) is 5.88 Å². The molecule has 0 fully saturated rings. The van der Waals surface area contributed by atoms with E-state index in [0.717, 1.165) is 44.6 Å². The Morgan fingerprint density at radius 3 is 2.53 bits per heavy atom. The molecule has 7 nitrogen and oxygen atoms in total. The Kier molecular flexibility index (Phi) is 5.84. The van der Waals surface area contributed by atoms with E-state index in [4.69, 9.17) is 15.2 Å². The number of aryl methyl sites for hydroxylation is 2. The van der Waals surface area contributed by atoms with Gasteiger partial charge < -0.3 is 20.5 Å². The third-order valence-electron chi connectivity index (χ3n) is 7.27. The number of anilines is 1. The van der Waals surface area contributed by atoms with Gasteiger partial charge in [0.05, 0.1) is 12.8 Å². The maximum atomic E-state index is 14.6. The van der Waals surface area contributed by atoms with Gasteiger partial charge in [0, 0.05) is 29.4 Å². The van der Waals surface area contributed by atoms with E-state index in [1.165, 1.54) is 6.20 Å². The van der Waals surface area contributed by atoms with Crippen molar-refractivity contribution in [2.24, 2.45) is 0 Å². The normalized spacial score (nSPS) is 16.7. The van der Waals surface area contributed by atoms with Crippen molar-refractivity contribution in [3.05, 3.63) is 105 Å². The van der Waals surface area contributed by atoms with E-state index in [9.17, 15) is 9.18 Å². The summed E-state index contributed by atoms with van der Waals surface area (Å²) in [4.78, 5) is 21.3. The van der Waals surface area contributed by atoms with Crippen LogP contribution in [0.15, 0.2) is 54.7 Å². The van der Waals surface area contributed by atoms with Crippen LogP contribution in [0.25, 0.3) is 11.1 Å². The lowest BCUT2D eigenvalue weighted by molar-refractivity contribution is 0.0857. The zero-order chi connectivity index (χ0) is 26.6. The molecule has 2 aliphatic heterocycles. The Balaban J connectivity index is 1.24. The average molecular weight is 511 g/mol. The molecule has 0 aliphatic carbocycles. The number of rotatable bonds is 6. The smallest absolute Gasteiger partial charge is 0.251 e. The number of nitrogens with zero attached hydrogens (tertiary/aromatic N) is 2. The van der Waals surface area contributed by atoms with Crippen LogP contribution >= 0.6 is 0 Å². The fraction of sp³-hybridized carbons (Fsp3) is 0.233. The molecular formula is C30H27FN4O3. The largest absolute Gasteiger partial charge is 0.478 e. The second-order valence-electron chi connectivity index (χ2n) is 9.63. The fourth-order valence-corrected chi connectivity index (χ4v) is 5.45. The van der Waals surface area contributed by atoms with Crippen LogP contribution < -0.4 is 15.8 Å². The van der Waals surface area contributed by atoms with E-state index in [-0.39, 0.29) is 18.1 Å². The van der Waals surface area contributed by atoms with Gasteiger partial charge in [-0.1, -0.05) is 18.2 Å². The molecule has 0 saturated carbocycles. The van der Waals surface area contributed by atoms with Crippen molar-refractivity contribution in [3.8, 4) is 17.0 Å². The summed E-state index contributed by atoms with van der Waals surface area (Å²) in [5.41, 5.74) is 14.4. The van der Waals surface area contributed by atoms with Crippen LogP contribution in [-0.4, -0.2) is 22.5 Å². The molecule has 0 radical (unpaired) electrons. The lowest BCUT2D eigenvalue weighted by Gasteiger charge is -2.18. The molecule has 2 unspecified atom stereocenters. The van der Waals surface area contributed by atoms with Gasteiger partial charge >= 0.3 is 0 Å². The first kappa shape index (κ1) is 24.1. The number of halogens is 1. The molecule has 4 aromatic rings. The highest BCUT2D eigenvalue weighted by Gasteiger charge is 2.43. The highest BCUT2D eigenvalue weighted by atomic mass is 19.1. The number of nitrogen functional groups attached to an aromatic ring is 1. The Labute approximate surface area is 219 Å². The molecule has 0 spiro atoms. The lowest BCUT2D eigenvalue weighted by atomic mass is 9.84. The molecular weight excluding hydrogens is 483 g/mol. The molecule has 2 aliphatic rings. The van der Waals surface area contributed by atoms with Crippen molar-refractivity contribution in [3.63, 3.8) is 0 Å². The Morgan fingerprint density at radius 2 is 1.79 bits per heavy atom. The molecule has 38 heavy (non-hydrogen) atoms. The molecule has 3 N–H and O–H groups in total. The zero-order valence-electron chi connectivity index (χ0n) is 21.3. The van der Waals surface area contributed by atoms with E-state index in [0.29, 0.717) is 36.0 Å². The number of carbonyl (C=O) groups is 1. The van der Waals surface area contributed by atoms with E-state index < -0.39 is 5.82 Å². The zero-order valence-corrected chi connectivity index (χ0v) is 21.3.